The van der Waals surface area contributed by atoms with Crippen molar-refractivity contribution in [2.75, 3.05) is 0 Å². The lowest BCUT2D eigenvalue weighted by atomic mass is 10.2. The molecule has 0 aromatic heterocycles. The van der Waals surface area contributed by atoms with E-state index in [1.165, 1.54) is 12.1 Å². The highest BCUT2D eigenvalue weighted by atomic mass is 32.3. The molecule has 0 spiro atoms. The maximum atomic E-state index is 10.9. The summed E-state index contributed by atoms with van der Waals surface area (Å²) in [7, 11) is -4.72. The molecule has 0 aliphatic heterocycles. The van der Waals surface area contributed by atoms with Gasteiger partial charge in [0.1, 0.15) is 0 Å². The molecule has 0 heterocycles. The van der Waals surface area contributed by atoms with Crippen molar-refractivity contribution in [3.8, 4) is 0 Å². The highest BCUT2D eigenvalue weighted by Gasteiger charge is 2.14. The molecule has 0 radical (unpaired) electrons. The summed E-state index contributed by atoms with van der Waals surface area (Å²) in [4.78, 5) is 10.9. The fourth-order valence-electron chi connectivity index (χ4n) is 0.718. The lowest BCUT2D eigenvalue weighted by Gasteiger charge is -1.98. The molecule has 4 N–H and O–H groups in total. The Morgan fingerprint density at radius 2 is 1.67 bits per heavy atom. The summed E-state index contributed by atoms with van der Waals surface area (Å²) in [5.41, 5.74) is 0.0557. The first-order valence-electron chi connectivity index (χ1n) is 3.25. The molecule has 0 unspecified atom stereocenters. The lowest BCUT2D eigenvalue weighted by Crippen LogP contribution is -2.11. The van der Waals surface area contributed by atoms with Crippen LogP contribution in [0.25, 0.3) is 0 Å². The van der Waals surface area contributed by atoms with Crippen molar-refractivity contribution in [1.82, 2.24) is 6.15 Å². The van der Waals surface area contributed by atoms with E-state index in [9.17, 15) is 13.2 Å². The third-order valence-electron chi connectivity index (χ3n) is 1.19. The van der Waals surface area contributed by atoms with Gasteiger partial charge in [-0.2, -0.15) is 8.42 Å². The van der Waals surface area contributed by atoms with Gasteiger partial charge in [-0.1, -0.05) is 18.2 Å². The number of hydrogen-bond donors (Lipinski definition) is 2. The summed E-state index contributed by atoms with van der Waals surface area (Å²) in [5, 5.41) is 0. The van der Waals surface area contributed by atoms with Gasteiger partial charge >= 0.3 is 16.4 Å². The van der Waals surface area contributed by atoms with Crippen molar-refractivity contribution in [3.05, 3.63) is 35.9 Å². The second kappa shape index (κ2) is 6.55. The fourth-order valence-corrected chi connectivity index (χ4v) is 1.01. The standard InChI is InChI=1S/C7H6O5S.Al.H3N.3H/c8-7(12-13(9,10)11)6-4-2-1-3-5-6;;;;;/h1-5H,(H,9,10,11);;1H3;;;. The van der Waals surface area contributed by atoms with Gasteiger partial charge in [0, 0.05) is 0 Å². The summed E-state index contributed by atoms with van der Waals surface area (Å²) >= 11 is 0. The SMILES string of the molecule is N.O=C(OS(=O)(=O)O)c1ccccc1.[AlH3]. The minimum Gasteiger partial charge on any atom is -0.344 e. The van der Waals surface area contributed by atoms with Crippen LogP contribution in [0.3, 0.4) is 0 Å². The molecule has 0 aliphatic carbocycles. The molecule has 0 atom stereocenters. The second-order valence-electron chi connectivity index (χ2n) is 2.16. The summed E-state index contributed by atoms with van der Waals surface area (Å²) < 4.78 is 32.1. The summed E-state index contributed by atoms with van der Waals surface area (Å²) in [6.45, 7) is 0. The van der Waals surface area contributed by atoms with Crippen LogP contribution < -0.4 is 6.15 Å². The molecular formula is C7H12AlNO5S. The molecule has 15 heavy (non-hydrogen) atoms. The molecule has 1 rings (SSSR count). The Kier molecular flexibility index (Phi) is 7.22. The van der Waals surface area contributed by atoms with E-state index in [2.05, 4.69) is 4.18 Å². The molecule has 0 amide bonds. The molecule has 0 saturated carbocycles. The summed E-state index contributed by atoms with van der Waals surface area (Å²) in [6.07, 6.45) is 0. The molecular weight excluding hydrogens is 237 g/mol. The number of benzene rings is 1. The van der Waals surface area contributed by atoms with E-state index >= 15 is 0 Å². The maximum absolute atomic E-state index is 10.9. The average Bonchev–Trinajstić information content (AvgIpc) is 2.03. The zero-order chi connectivity index (χ0) is 9.90. The molecule has 6 nitrogen and oxygen atoms in total. The van der Waals surface area contributed by atoms with Crippen LogP contribution in [-0.2, 0) is 14.6 Å². The number of hydrogen-bond acceptors (Lipinski definition) is 5. The van der Waals surface area contributed by atoms with Crippen molar-refractivity contribution in [2.24, 2.45) is 0 Å². The highest BCUT2D eigenvalue weighted by molar-refractivity contribution is 7.81. The van der Waals surface area contributed by atoms with Gasteiger partial charge in [-0.25, -0.2) is 4.79 Å². The maximum Gasteiger partial charge on any atom is 0.449 e. The first-order chi connectivity index (χ1) is 5.99. The Hall–Kier alpha value is -0.908. The average molecular weight is 249 g/mol. The van der Waals surface area contributed by atoms with Gasteiger partial charge in [-0.15, -0.1) is 0 Å². The van der Waals surface area contributed by atoms with Gasteiger partial charge in [-0.05, 0) is 12.1 Å². The third-order valence-corrected chi connectivity index (χ3v) is 1.55. The summed E-state index contributed by atoms with van der Waals surface area (Å²) in [6, 6.07) is 7.48. The van der Waals surface area contributed by atoms with Crippen LogP contribution in [0.4, 0.5) is 0 Å². The largest absolute Gasteiger partial charge is 0.449 e. The van der Waals surface area contributed by atoms with Crippen molar-refractivity contribution in [1.29, 1.82) is 0 Å². The molecule has 1 aromatic carbocycles. The first kappa shape index (κ1) is 16.5. The van der Waals surface area contributed by atoms with E-state index < -0.39 is 16.4 Å². The smallest absolute Gasteiger partial charge is 0.344 e. The number of carbonyl (C=O) groups excluding carboxylic acids is 1. The van der Waals surface area contributed by atoms with E-state index in [0.717, 1.165) is 0 Å². The molecule has 1 aromatic rings. The van der Waals surface area contributed by atoms with Gasteiger partial charge < -0.3 is 10.3 Å². The topological polar surface area (TPSA) is 116 Å². The molecule has 0 aliphatic rings. The Morgan fingerprint density at radius 1 is 1.20 bits per heavy atom. The van der Waals surface area contributed by atoms with Gasteiger partial charge in [0.15, 0.2) is 17.4 Å². The van der Waals surface area contributed by atoms with Crippen LogP contribution in [0, 0.1) is 0 Å². The van der Waals surface area contributed by atoms with Crippen LogP contribution in [0.1, 0.15) is 10.4 Å². The Balaban J connectivity index is 0. The predicted octanol–water partition coefficient (Wildman–Crippen LogP) is -0.376. The Bertz CT molecular complexity index is 405. The zero-order valence-corrected chi connectivity index (χ0v) is 7.90. The first-order valence-corrected chi connectivity index (χ1v) is 4.62. The number of rotatable bonds is 2. The van der Waals surface area contributed by atoms with Crippen LogP contribution in [-0.4, -0.2) is 36.3 Å². The van der Waals surface area contributed by atoms with E-state index in [1.807, 2.05) is 0 Å². The second-order valence-corrected chi connectivity index (χ2v) is 3.19. The van der Waals surface area contributed by atoms with Crippen LogP contribution in [0.15, 0.2) is 30.3 Å². The van der Waals surface area contributed by atoms with E-state index in [-0.39, 0.29) is 29.1 Å². The van der Waals surface area contributed by atoms with Crippen molar-refractivity contribution < 1.29 is 21.9 Å². The van der Waals surface area contributed by atoms with Crippen LogP contribution >= 0.6 is 0 Å². The molecule has 0 fully saturated rings. The molecule has 0 bridgehead atoms. The zero-order valence-electron chi connectivity index (χ0n) is 7.08. The van der Waals surface area contributed by atoms with E-state index in [4.69, 9.17) is 4.55 Å². The summed E-state index contributed by atoms with van der Waals surface area (Å²) in [5.74, 6) is -1.11. The predicted molar refractivity (Wildman–Crippen MR) is 58.4 cm³/mol. The minimum absolute atomic E-state index is 0. The minimum atomic E-state index is -4.72. The Labute approximate surface area is 97.9 Å². The fraction of sp³-hybridized carbons (Fsp3) is 0. The quantitative estimate of drug-likeness (QED) is 0.545. The van der Waals surface area contributed by atoms with Gasteiger partial charge in [0.05, 0.1) is 5.56 Å². The van der Waals surface area contributed by atoms with Gasteiger partial charge in [0.2, 0.25) is 0 Å². The normalized spacial score (nSPS) is 9.40. The van der Waals surface area contributed by atoms with Gasteiger partial charge in [0.25, 0.3) is 0 Å². The van der Waals surface area contributed by atoms with E-state index in [0.29, 0.717) is 0 Å². The third kappa shape index (κ3) is 6.22. The van der Waals surface area contributed by atoms with E-state index in [1.54, 1.807) is 18.2 Å². The molecule has 0 saturated heterocycles. The van der Waals surface area contributed by atoms with Gasteiger partial charge in [-0.3, -0.25) is 4.55 Å². The highest BCUT2D eigenvalue weighted by Crippen LogP contribution is 2.02. The van der Waals surface area contributed by atoms with Crippen LogP contribution in [0.2, 0.25) is 0 Å². The monoisotopic (exact) mass is 249 g/mol. The van der Waals surface area contributed by atoms with Crippen molar-refractivity contribution >= 4 is 33.7 Å². The van der Waals surface area contributed by atoms with Crippen molar-refractivity contribution in [3.63, 3.8) is 0 Å². The molecule has 84 valence electrons. The lowest BCUT2D eigenvalue weighted by molar-refractivity contribution is 0.0727. The number of carbonyl (C=O) groups is 1. The van der Waals surface area contributed by atoms with Crippen molar-refractivity contribution in [2.45, 2.75) is 0 Å². The van der Waals surface area contributed by atoms with Crippen LogP contribution in [0.5, 0.6) is 0 Å². The molecule has 8 heteroatoms. The Morgan fingerprint density at radius 3 is 2.07 bits per heavy atom.